The third kappa shape index (κ3) is 3.38. The van der Waals surface area contributed by atoms with Gasteiger partial charge in [-0.3, -0.25) is 14.3 Å². The number of nitrogens with zero attached hydrogens (tertiary/aromatic N) is 2. The van der Waals surface area contributed by atoms with Gasteiger partial charge >= 0.3 is 5.69 Å². The molecule has 1 aliphatic heterocycles. The van der Waals surface area contributed by atoms with Crippen LogP contribution in [0, 0.1) is 0 Å². The molecule has 0 atom stereocenters. The Balaban J connectivity index is 1.27. The predicted octanol–water partition coefficient (Wildman–Crippen LogP) is 4.00. The molecule has 0 aliphatic carbocycles. The number of aromatic amines is 1. The number of hydrogen-bond acceptors (Lipinski definition) is 3. The minimum atomic E-state index is -0.0445. The van der Waals surface area contributed by atoms with Gasteiger partial charge in [0.1, 0.15) is 0 Å². The van der Waals surface area contributed by atoms with Gasteiger partial charge in [0.25, 0.3) is 0 Å². The maximum absolute atomic E-state index is 12.8. The Labute approximate surface area is 168 Å². The van der Waals surface area contributed by atoms with Gasteiger partial charge in [-0.05, 0) is 41.8 Å². The summed E-state index contributed by atoms with van der Waals surface area (Å²) in [5.74, 6) is 0.151. The van der Waals surface area contributed by atoms with Gasteiger partial charge in [0.2, 0.25) is 0 Å². The van der Waals surface area contributed by atoms with Crippen LogP contribution in [0.2, 0.25) is 0 Å². The topological polar surface area (TPSA) is 58.1 Å². The van der Waals surface area contributed by atoms with Crippen LogP contribution in [-0.2, 0) is 0 Å². The number of piperidine rings is 1. The summed E-state index contributed by atoms with van der Waals surface area (Å²) in [6, 6.07) is 22.0. The normalized spacial score (nSPS) is 15.9. The number of H-pyrrole nitrogens is 1. The molecule has 2 heterocycles. The zero-order chi connectivity index (χ0) is 19.8. The number of fused-ring (bicyclic) bond motifs is 2. The molecule has 0 spiro atoms. The first kappa shape index (κ1) is 17.9. The maximum atomic E-state index is 12.8. The Kier molecular flexibility index (Phi) is 4.52. The SMILES string of the molecule is O=C(CN1CCC(n2c(=O)[nH]c3ccccc32)CC1)c1ccc2ccccc2c1. The molecule has 1 saturated heterocycles. The van der Waals surface area contributed by atoms with E-state index in [2.05, 4.69) is 16.0 Å². The molecule has 146 valence electrons. The van der Waals surface area contributed by atoms with E-state index >= 15 is 0 Å². The summed E-state index contributed by atoms with van der Waals surface area (Å²) in [6.45, 7) is 2.06. The molecule has 5 rings (SSSR count). The molecule has 1 aromatic heterocycles. The van der Waals surface area contributed by atoms with E-state index < -0.39 is 0 Å². The lowest BCUT2D eigenvalue weighted by Crippen LogP contribution is -2.39. The average molecular weight is 385 g/mol. The fraction of sp³-hybridized carbons (Fsp3) is 0.250. The number of hydrogen-bond donors (Lipinski definition) is 1. The number of carbonyl (C=O) groups excluding carboxylic acids is 1. The van der Waals surface area contributed by atoms with Gasteiger partial charge in [-0.25, -0.2) is 4.79 Å². The van der Waals surface area contributed by atoms with E-state index in [1.807, 2.05) is 65.2 Å². The third-order valence-corrected chi connectivity index (χ3v) is 5.98. The van der Waals surface area contributed by atoms with Gasteiger partial charge in [-0.1, -0.05) is 48.5 Å². The van der Waals surface area contributed by atoms with Gasteiger partial charge in [0.15, 0.2) is 5.78 Å². The molecule has 29 heavy (non-hydrogen) atoms. The van der Waals surface area contributed by atoms with Crippen LogP contribution in [0.4, 0.5) is 0 Å². The van der Waals surface area contributed by atoms with Crippen molar-refractivity contribution in [3.8, 4) is 0 Å². The van der Waals surface area contributed by atoms with Crippen molar-refractivity contribution in [2.75, 3.05) is 19.6 Å². The van der Waals surface area contributed by atoms with Crippen molar-refractivity contribution in [3.63, 3.8) is 0 Å². The summed E-state index contributed by atoms with van der Waals surface area (Å²) < 4.78 is 1.89. The quantitative estimate of drug-likeness (QED) is 0.540. The molecule has 5 nitrogen and oxygen atoms in total. The van der Waals surface area contributed by atoms with Crippen LogP contribution in [0.5, 0.6) is 0 Å². The van der Waals surface area contributed by atoms with Crippen molar-refractivity contribution < 1.29 is 4.79 Å². The summed E-state index contributed by atoms with van der Waals surface area (Å²) in [7, 11) is 0. The number of aromatic nitrogens is 2. The smallest absolute Gasteiger partial charge is 0.306 e. The molecule has 0 bridgehead atoms. The largest absolute Gasteiger partial charge is 0.326 e. The van der Waals surface area contributed by atoms with Gasteiger partial charge in [0.05, 0.1) is 17.6 Å². The van der Waals surface area contributed by atoms with E-state index in [4.69, 9.17) is 0 Å². The molecule has 5 heteroatoms. The number of benzene rings is 3. The fourth-order valence-corrected chi connectivity index (χ4v) is 4.43. The zero-order valence-electron chi connectivity index (χ0n) is 16.2. The number of Topliss-reactive ketones (excluding diaryl/α,β-unsaturated/α-hetero) is 1. The lowest BCUT2D eigenvalue weighted by molar-refractivity contribution is 0.0898. The lowest BCUT2D eigenvalue weighted by atomic mass is 10.0. The van der Waals surface area contributed by atoms with Crippen LogP contribution >= 0.6 is 0 Å². The molecule has 4 aromatic rings. The Bertz CT molecular complexity index is 1250. The Morgan fingerprint density at radius 3 is 2.48 bits per heavy atom. The number of carbonyl (C=O) groups is 1. The van der Waals surface area contributed by atoms with Crippen LogP contribution in [0.25, 0.3) is 21.8 Å². The second-order valence-electron chi connectivity index (χ2n) is 7.81. The first-order valence-electron chi connectivity index (χ1n) is 10.1. The number of likely N-dealkylation sites (tertiary alicyclic amines) is 1. The fourth-order valence-electron chi connectivity index (χ4n) is 4.43. The van der Waals surface area contributed by atoms with Crippen molar-refractivity contribution >= 4 is 27.6 Å². The van der Waals surface area contributed by atoms with Crippen LogP contribution in [0.3, 0.4) is 0 Å². The van der Waals surface area contributed by atoms with Crippen molar-refractivity contribution in [2.24, 2.45) is 0 Å². The molecule has 1 fully saturated rings. The number of imidazole rings is 1. The molecule has 0 unspecified atom stereocenters. The summed E-state index contributed by atoms with van der Waals surface area (Å²) in [5, 5.41) is 2.24. The van der Waals surface area contributed by atoms with Gasteiger partial charge in [-0.15, -0.1) is 0 Å². The number of ketones is 1. The number of nitrogens with one attached hydrogen (secondary N) is 1. The highest BCUT2D eigenvalue weighted by molar-refractivity contribution is 6.01. The Hall–Kier alpha value is -3.18. The van der Waals surface area contributed by atoms with Gasteiger partial charge in [-0.2, -0.15) is 0 Å². The molecule has 0 saturated carbocycles. The van der Waals surface area contributed by atoms with Crippen molar-refractivity contribution in [1.82, 2.24) is 14.5 Å². The standard InChI is InChI=1S/C24H23N3O2/c28-23(19-10-9-17-5-1-2-6-18(17)15-19)16-26-13-11-20(12-14-26)27-22-8-4-3-7-21(22)25-24(27)29/h1-10,15,20H,11-14,16H2,(H,25,29). The maximum Gasteiger partial charge on any atom is 0.326 e. The van der Waals surface area contributed by atoms with E-state index in [-0.39, 0.29) is 17.5 Å². The molecule has 1 aliphatic rings. The van der Waals surface area contributed by atoms with Gasteiger partial charge < -0.3 is 4.98 Å². The van der Waals surface area contributed by atoms with Crippen LogP contribution in [-0.4, -0.2) is 39.9 Å². The average Bonchev–Trinajstić information content (AvgIpc) is 3.09. The second kappa shape index (κ2) is 7.33. The monoisotopic (exact) mass is 385 g/mol. The molecular formula is C24H23N3O2. The van der Waals surface area contributed by atoms with Crippen LogP contribution < -0.4 is 5.69 Å². The van der Waals surface area contributed by atoms with Crippen molar-refractivity contribution in [3.05, 3.63) is 82.8 Å². The third-order valence-electron chi connectivity index (χ3n) is 5.98. The van der Waals surface area contributed by atoms with E-state index in [1.54, 1.807) is 0 Å². The molecule has 0 amide bonds. The molecular weight excluding hydrogens is 362 g/mol. The highest BCUT2D eigenvalue weighted by Gasteiger charge is 2.24. The van der Waals surface area contributed by atoms with Gasteiger partial charge in [0, 0.05) is 24.7 Å². The van der Waals surface area contributed by atoms with E-state index in [9.17, 15) is 9.59 Å². The lowest BCUT2D eigenvalue weighted by Gasteiger charge is -2.32. The number of para-hydroxylation sites is 2. The second-order valence-corrected chi connectivity index (χ2v) is 7.81. The molecule has 3 aromatic carbocycles. The van der Waals surface area contributed by atoms with Crippen molar-refractivity contribution in [2.45, 2.75) is 18.9 Å². The predicted molar refractivity (Wildman–Crippen MR) is 116 cm³/mol. The number of rotatable bonds is 4. The first-order chi connectivity index (χ1) is 14.2. The Morgan fingerprint density at radius 1 is 0.931 bits per heavy atom. The zero-order valence-corrected chi connectivity index (χ0v) is 16.2. The first-order valence-corrected chi connectivity index (χ1v) is 10.1. The summed E-state index contributed by atoms with van der Waals surface area (Å²) in [4.78, 5) is 30.4. The minimum absolute atomic E-state index is 0.0445. The van der Waals surface area contributed by atoms with Crippen LogP contribution in [0.15, 0.2) is 71.5 Å². The van der Waals surface area contributed by atoms with E-state index in [0.717, 1.165) is 53.3 Å². The summed E-state index contributed by atoms with van der Waals surface area (Å²) in [5.41, 5.74) is 2.56. The Morgan fingerprint density at radius 2 is 1.66 bits per heavy atom. The highest BCUT2D eigenvalue weighted by Crippen LogP contribution is 2.25. The van der Waals surface area contributed by atoms with E-state index in [1.165, 1.54) is 0 Å². The highest BCUT2D eigenvalue weighted by atomic mass is 16.1. The summed E-state index contributed by atoms with van der Waals surface area (Å²) in [6.07, 6.45) is 1.74. The van der Waals surface area contributed by atoms with Crippen LogP contribution in [0.1, 0.15) is 29.2 Å². The van der Waals surface area contributed by atoms with E-state index in [0.29, 0.717) is 6.54 Å². The minimum Gasteiger partial charge on any atom is -0.306 e. The molecule has 1 N–H and O–H groups in total. The molecule has 0 radical (unpaired) electrons. The van der Waals surface area contributed by atoms with Crippen molar-refractivity contribution in [1.29, 1.82) is 0 Å². The summed E-state index contributed by atoms with van der Waals surface area (Å²) >= 11 is 0.